The van der Waals surface area contributed by atoms with Gasteiger partial charge in [0.15, 0.2) is 0 Å². The Bertz CT molecular complexity index is 148. The van der Waals surface area contributed by atoms with Gasteiger partial charge in [-0.25, -0.2) is 0 Å². The summed E-state index contributed by atoms with van der Waals surface area (Å²) in [6.07, 6.45) is 0.854. The van der Waals surface area contributed by atoms with Crippen LogP contribution in [0.5, 0.6) is 0 Å². The summed E-state index contributed by atoms with van der Waals surface area (Å²) in [5.41, 5.74) is -0.536. The van der Waals surface area contributed by atoms with Crippen LogP contribution in [0.3, 0.4) is 0 Å². The first kappa shape index (κ1) is 14.9. The molecule has 0 fully saturated rings. The Balaban J connectivity index is 4.01. The molecule has 0 atom stereocenters. The molecule has 0 aliphatic carbocycles. The zero-order valence-electron chi connectivity index (χ0n) is 11.4. The van der Waals surface area contributed by atoms with Gasteiger partial charge in [0.1, 0.15) is 0 Å². The lowest BCUT2D eigenvalue weighted by Gasteiger charge is -2.28. The van der Waals surface area contributed by atoms with Gasteiger partial charge in [0, 0.05) is 19.6 Å². The van der Waals surface area contributed by atoms with Gasteiger partial charge >= 0.3 is 0 Å². The lowest BCUT2D eigenvalue weighted by atomic mass is 10.0. The van der Waals surface area contributed by atoms with Gasteiger partial charge < -0.3 is 10.0 Å². The quantitative estimate of drug-likeness (QED) is 0.706. The van der Waals surface area contributed by atoms with Crippen molar-refractivity contribution in [3.63, 3.8) is 0 Å². The van der Waals surface area contributed by atoms with E-state index >= 15 is 0 Å². The van der Waals surface area contributed by atoms with Crippen LogP contribution in [-0.4, -0.2) is 35.2 Å². The molecule has 0 saturated heterocycles. The van der Waals surface area contributed by atoms with Crippen molar-refractivity contribution in [2.24, 2.45) is 11.8 Å². The normalized spacial score (nSPS) is 13.2. The van der Waals surface area contributed by atoms with Crippen LogP contribution in [0.2, 0.25) is 0 Å². The van der Waals surface area contributed by atoms with Crippen molar-refractivity contribution < 1.29 is 5.11 Å². The van der Waals surface area contributed by atoms with Crippen molar-refractivity contribution in [2.45, 2.75) is 53.6 Å². The molecule has 0 aliphatic rings. The van der Waals surface area contributed by atoms with E-state index in [2.05, 4.69) is 32.6 Å². The van der Waals surface area contributed by atoms with E-state index in [0.29, 0.717) is 11.8 Å². The van der Waals surface area contributed by atoms with Crippen LogP contribution in [0.1, 0.15) is 48.0 Å². The molecular formula is C13H29NO. The highest BCUT2D eigenvalue weighted by Gasteiger charge is 2.16. The summed E-state index contributed by atoms with van der Waals surface area (Å²) in [6, 6.07) is 0. The summed E-state index contributed by atoms with van der Waals surface area (Å²) in [5, 5.41) is 9.71. The largest absolute Gasteiger partial charge is 0.390 e. The molecule has 0 aromatic rings. The topological polar surface area (TPSA) is 23.5 Å². The monoisotopic (exact) mass is 215 g/mol. The Kier molecular flexibility index (Phi) is 6.46. The highest BCUT2D eigenvalue weighted by molar-refractivity contribution is 4.70. The fraction of sp³-hybridized carbons (Fsp3) is 1.00. The van der Waals surface area contributed by atoms with Crippen molar-refractivity contribution in [1.29, 1.82) is 0 Å². The van der Waals surface area contributed by atoms with Crippen LogP contribution in [-0.2, 0) is 0 Å². The van der Waals surface area contributed by atoms with E-state index in [1.165, 1.54) is 0 Å². The third-order valence-electron chi connectivity index (χ3n) is 2.29. The van der Waals surface area contributed by atoms with Crippen molar-refractivity contribution in [3.8, 4) is 0 Å². The number of aliphatic hydroxyl groups is 1. The number of hydrogen-bond donors (Lipinski definition) is 1. The fourth-order valence-electron chi connectivity index (χ4n) is 1.72. The van der Waals surface area contributed by atoms with Gasteiger partial charge in [0.25, 0.3) is 0 Å². The first-order chi connectivity index (χ1) is 6.70. The van der Waals surface area contributed by atoms with E-state index in [9.17, 15) is 5.11 Å². The summed E-state index contributed by atoms with van der Waals surface area (Å²) in [5.74, 6) is 1.40. The second kappa shape index (κ2) is 6.49. The maximum absolute atomic E-state index is 9.71. The maximum Gasteiger partial charge on any atom is 0.0603 e. The zero-order chi connectivity index (χ0) is 12.1. The van der Waals surface area contributed by atoms with E-state index in [1.807, 2.05) is 13.8 Å². The summed E-state index contributed by atoms with van der Waals surface area (Å²) in [6.45, 7) is 16.0. The molecule has 0 spiro atoms. The molecule has 2 nitrogen and oxygen atoms in total. The Labute approximate surface area is 95.7 Å². The highest BCUT2D eigenvalue weighted by atomic mass is 16.3. The van der Waals surface area contributed by atoms with Crippen LogP contribution in [0, 0.1) is 11.8 Å². The van der Waals surface area contributed by atoms with Crippen molar-refractivity contribution in [1.82, 2.24) is 4.90 Å². The van der Waals surface area contributed by atoms with Gasteiger partial charge in [0.2, 0.25) is 0 Å². The molecule has 0 aromatic heterocycles. The van der Waals surface area contributed by atoms with Gasteiger partial charge in [-0.05, 0) is 32.1 Å². The van der Waals surface area contributed by atoms with Crippen LogP contribution in [0.15, 0.2) is 0 Å². The third kappa shape index (κ3) is 10.2. The molecule has 0 heterocycles. The van der Waals surface area contributed by atoms with Gasteiger partial charge in [-0.1, -0.05) is 27.7 Å². The van der Waals surface area contributed by atoms with Gasteiger partial charge in [-0.3, -0.25) is 0 Å². The molecule has 0 unspecified atom stereocenters. The first-order valence-corrected chi connectivity index (χ1v) is 6.15. The van der Waals surface area contributed by atoms with Crippen molar-refractivity contribution in [3.05, 3.63) is 0 Å². The second-order valence-electron chi connectivity index (χ2n) is 6.11. The molecule has 0 aliphatic heterocycles. The minimum absolute atomic E-state index is 0.536. The van der Waals surface area contributed by atoms with E-state index in [0.717, 1.165) is 26.1 Å². The Morgan fingerprint density at radius 2 is 1.40 bits per heavy atom. The lowest BCUT2D eigenvalue weighted by molar-refractivity contribution is 0.0542. The summed E-state index contributed by atoms with van der Waals surface area (Å²) < 4.78 is 0. The maximum atomic E-state index is 9.71. The van der Waals surface area contributed by atoms with Gasteiger partial charge in [-0.15, -0.1) is 0 Å². The highest BCUT2D eigenvalue weighted by Crippen LogP contribution is 2.11. The minimum atomic E-state index is -0.536. The van der Waals surface area contributed by atoms with E-state index in [-0.39, 0.29) is 0 Å². The van der Waals surface area contributed by atoms with E-state index in [4.69, 9.17) is 0 Å². The number of nitrogens with zero attached hydrogens (tertiary/aromatic N) is 1. The Morgan fingerprint density at radius 3 is 1.67 bits per heavy atom. The molecule has 0 bridgehead atoms. The van der Waals surface area contributed by atoms with Crippen molar-refractivity contribution in [2.75, 3.05) is 19.6 Å². The van der Waals surface area contributed by atoms with Crippen LogP contribution in [0.4, 0.5) is 0 Å². The predicted octanol–water partition coefficient (Wildman–Crippen LogP) is 2.76. The smallest absolute Gasteiger partial charge is 0.0603 e. The molecular weight excluding hydrogens is 186 g/mol. The molecule has 0 amide bonds. The molecule has 0 aromatic carbocycles. The molecule has 0 rings (SSSR count). The number of rotatable bonds is 7. The molecule has 0 radical (unpaired) electrons. The van der Waals surface area contributed by atoms with Crippen LogP contribution in [0.25, 0.3) is 0 Å². The second-order valence-corrected chi connectivity index (χ2v) is 6.11. The average Bonchev–Trinajstić information content (AvgIpc) is 1.96. The minimum Gasteiger partial charge on any atom is -0.390 e. The third-order valence-corrected chi connectivity index (χ3v) is 2.29. The van der Waals surface area contributed by atoms with E-state index < -0.39 is 5.60 Å². The van der Waals surface area contributed by atoms with Gasteiger partial charge in [0.05, 0.1) is 5.60 Å². The lowest BCUT2D eigenvalue weighted by Crippen LogP contribution is -2.35. The predicted molar refractivity (Wildman–Crippen MR) is 67.0 cm³/mol. The SMILES string of the molecule is CC(C)CN(CCC(C)(C)O)CC(C)C. The molecule has 0 saturated carbocycles. The molecule has 92 valence electrons. The van der Waals surface area contributed by atoms with E-state index in [1.54, 1.807) is 0 Å². The summed E-state index contributed by atoms with van der Waals surface area (Å²) >= 11 is 0. The van der Waals surface area contributed by atoms with Crippen LogP contribution < -0.4 is 0 Å². The van der Waals surface area contributed by atoms with Gasteiger partial charge in [-0.2, -0.15) is 0 Å². The Hall–Kier alpha value is -0.0800. The summed E-state index contributed by atoms with van der Waals surface area (Å²) in [4.78, 5) is 2.47. The number of hydrogen-bond acceptors (Lipinski definition) is 2. The Morgan fingerprint density at radius 1 is 1.00 bits per heavy atom. The van der Waals surface area contributed by atoms with Crippen molar-refractivity contribution >= 4 is 0 Å². The first-order valence-electron chi connectivity index (χ1n) is 6.15. The molecule has 1 N–H and O–H groups in total. The van der Waals surface area contributed by atoms with Crippen LogP contribution >= 0.6 is 0 Å². The molecule has 2 heteroatoms. The standard InChI is InChI=1S/C13H29NO/c1-11(2)9-14(10-12(3)4)8-7-13(5,6)15/h11-12,15H,7-10H2,1-6H3. The summed E-state index contributed by atoms with van der Waals surface area (Å²) in [7, 11) is 0. The fourth-order valence-corrected chi connectivity index (χ4v) is 1.72. The zero-order valence-corrected chi connectivity index (χ0v) is 11.4. The average molecular weight is 215 g/mol. The molecule has 15 heavy (non-hydrogen) atoms.